The number of hydrogen-bond donors (Lipinski definition) is 0. The van der Waals surface area contributed by atoms with E-state index >= 15 is 0 Å². The third-order valence-electron chi connectivity index (χ3n) is 3.61. The lowest BCUT2D eigenvalue weighted by molar-refractivity contribution is 0.186. The standard InChI is InChI=1S/C10H19N/c1-7(2)11(3)10-5-8-4-9(8)6-10/h7-10H,4-6H2,1-3H3. The van der Waals surface area contributed by atoms with Crippen LogP contribution in [0, 0.1) is 11.8 Å². The van der Waals surface area contributed by atoms with Crippen LogP contribution in [0.5, 0.6) is 0 Å². The van der Waals surface area contributed by atoms with E-state index in [0.717, 1.165) is 23.9 Å². The molecule has 64 valence electrons. The first kappa shape index (κ1) is 7.60. The van der Waals surface area contributed by atoms with E-state index in [4.69, 9.17) is 0 Å². The van der Waals surface area contributed by atoms with E-state index in [1.807, 2.05) is 0 Å². The highest BCUT2D eigenvalue weighted by molar-refractivity contribution is 4.99. The van der Waals surface area contributed by atoms with Crippen molar-refractivity contribution < 1.29 is 0 Å². The zero-order valence-corrected chi connectivity index (χ0v) is 7.88. The Kier molecular flexibility index (Phi) is 1.71. The van der Waals surface area contributed by atoms with Gasteiger partial charge >= 0.3 is 0 Å². The Morgan fingerprint density at radius 3 is 2.09 bits per heavy atom. The van der Waals surface area contributed by atoms with Gasteiger partial charge in [0.05, 0.1) is 0 Å². The molecule has 0 bridgehead atoms. The highest BCUT2D eigenvalue weighted by atomic mass is 15.2. The van der Waals surface area contributed by atoms with Crippen molar-refractivity contribution in [3.63, 3.8) is 0 Å². The lowest BCUT2D eigenvalue weighted by Crippen LogP contribution is -2.35. The number of hydrogen-bond acceptors (Lipinski definition) is 1. The van der Waals surface area contributed by atoms with E-state index in [0.29, 0.717) is 0 Å². The van der Waals surface area contributed by atoms with Crippen molar-refractivity contribution in [1.82, 2.24) is 4.90 Å². The Bertz CT molecular complexity index is 143. The van der Waals surface area contributed by atoms with Gasteiger partial charge in [-0.3, -0.25) is 0 Å². The van der Waals surface area contributed by atoms with Crippen molar-refractivity contribution in [1.29, 1.82) is 0 Å². The van der Waals surface area contributed by atoms with Gasteiger partial charge in [0.2, 0.25) is 0 Å². The highest BCUT2D eigenvalue weighted by Gasteiger charge is 2.46. The summed E-state index contributed by atoms with van der Waals surface area (Å²) in [6, 6.07) is 1.65. The van der Waals surface area contributed by atoms with E-state index in [1.54, 1.807) is 6.42 Å². The maximum Gasteiger partial charge on any atom is 0.0100 e. The second-order valence-electron chi connectivity index (χ2n) is 4.64. The first-order valence-corrected chi connectivity index (χ1v) is 4.90. The molecule has 0 N–H and O–H groups in total. The average Bonchev–Trinajstić information content (AvgIpc) is 2.57. The van der Waals surface area contributed by atoms with E-state index in [9.17, 15) is 0 Å². The van der Waals surface area contributed by atoms with Gasteiger partial charge in [0.15, 0.2) is 0 Å². The van der Waals surface area contributed by atoms with Crippen LogP contribution in [0.2, 0.25) is 0 Å². The SMILES string of the molecule is CC(C)N(C)C1CC2CC2C1. The predicted molar refractivity (Wildman–Crippen MR) is 47.5 cm³/mol. The molecule has 2 fully saturated rings. The van der Waals surface area contributed by atoms with E-state index in [-0.39, 0.29) is 0 Å². The first-order valence-electron chi connectivity index (χ1n) is 4.90. The summed E-state index contributed by atoms with van der Waals surface area (Å²) in [7, 11) is 2.28. The number of fused-ring (bicyclic) bond motifs is 1. The van der Waals surface area contributed by atoms with Crippen LogP contribution in [0.15, 0.2) is 0 Å². The monoisotopic (exact) mass is 153 g/mol. The first-order chi connectivity index (χ1) is 5.18. The van der Waals surface area contributed by atoms with Crippen molar-refractivity contribution >= 4 is 0 Å². The molecular weight excluding hydrogens is 134 g/mol. The van der Waals surface area contributed by atoms with Crippen molar-refractivity contribution in [2.24, 2.45) is 11.8 Å². The quantitative estimate of drug-likeness (QED) is 0.587. The fourth-order valence-corrected chi connectivity index (χ4v) is 2.44. The topological polar surface area (TPSA) is 3.24 Å². The van der Waals surface area contributed by atoms with Gasteiger partial charge in [0.1, 0.15) is 0 Å². The van der Waals surface area contributed by atoms with E-state index < -0.39 is 0 Å². The molecule has 0 aromatic heterocycles. The Hall–Kier alpha value is -0.0400. The van der Waals surface area contributed by atoms with Gasteiger partial charge < -0.3 is 4.90 Å². The van der Waals surface area contributed by atoms with Crippen LogP contribution in [0.1, 0.15) is 33.1 Å². The third kappa shape index (κ3) is 1.31. The van der Waals surface area contributed by atoms with Gasteiger partial charge in [-0.05, 0) is 52.0 Å². The minimum atomic E-state index is 0.734. The molecule has 11 heavy (non-hydrogen) atoms. The van der Waals surface area contributed by atoms with E-state index in [2.05, 4.69) is 25.8 Å². The molecule has 2 unspecified atom stereocenters. The zero-order chi connectivity index (χ0) is 8.01. The molecule has 1 heteroatoms. The normalized spacial score (nSPS) is 41.7. The van der Waals surface area contributed by atoms with Crippen molar-refractivity contribution in [2.45, 2.75) is 45.2 Å². The van der Waals surface area contributed by atoms with Crippen LogP contribution in [-0.2, 0) is 0 Å². The predicted octanol–water partition coefficient (Wildman–Crippen LogP) is 2.13. The van der Waals surface area contributed by atoms with Crippen molar-refractivity contribution in [3.8, 4) is 0 Å². The van der Waals surface area contributed by atoms with Gasteiger partial charge in [-0.2, -0.15) is 0 Å². The summed E-state index contributed by atoms with van der Waals surface area (Å²) < 4.78 is 0. The molecule has 0 aliphatic heterocycles. The summed E-state index contributed by atoms with van der Waals surface area (Å²) in [6.07, 6.45) is 4.52. The molecule has 0 amide bonds. The van der Waals surface area contributed by atoms with Gasteiger partial charge in [-0.25, -0.2) is 0 Å². The maximum absolute atomic E-state index is 2.55. The summed E-state index contributed by atoms with van der Waals surface area (Å²) in [5.74, 6) is 2.25. The molecule has 2 aliphatic carbocycles. The Morgan fingerprint density at radius 1 is 1.09 bits per heavy atom. The lowest BCUT2D eigenvalue weighted by Gasteiger charge is -2.29. The second-order valence-corrected chi connectivity index (χ2v) is 4.64. The molecule has 2 atom stereocenters. The molecule has 2 rings (SSSR count). The number of nitrogens with zero attached hydrogens (tertiary/aromatic N) is 1. The van der Waals surface area contributed by atoms with Crippen molar-refractivity contribution in [3.05, 3.63) is 0 Å². The Balaban J connectivity index is 1.86. The smallest absolute Gasteiger partial charge is 0.0100 e. The van der Waals surface area contributed by atoms with Crippen LogP contribution in [0.3, 0.4) is 0 Å². The summed E-state index contributed by atoms with van der Waals surface area (Å²) in [5.41, 5.74) is 0. The summed E-state index contributed by atoms with van der Waals surface area (Å²) in [5, 5.41) is 0. The zero-order valence-electron chi connectivity index (χ0n) is 7.88. The molecule has 0 aromatic carbocycles. The molecule has 0 aromatic rings. The molecule has 2 aliphatic rings. The average molecular weight is 153 g/mol. The number of rotatable bonds is 2. The van der Waals surface area contributed by atoms with Gasteiger partial charge in [0.25, 0.3) is 0 Å². The van der Waals surface area contributed by atoms with Crippen molar-refractivity contribution in [2.75, 3.05) is 7.05 Å². The van der Waals surface area contributed by atoms with Gasteiger partial charge in [-0.1, -0.05) is 0 Å². The van der Waals surface area contributed by atoms with Crippen LogP contribution >= 0.6 is 0 Å². The second kappa shape index (κ2) is 2.48. The fraction of sp³-hybridized carbons (Fsp3) is 1.00. The maximum atomic E-state index is 2.55. The molecule has 0 radical (unpaired) electrons. The summed E-state index contributed by atoms with van der Waals surface area (Å²) >= 11 is 0. The molecule has 1 nitrogen and oxygen atoms in total. The molecule has 2 saturated carbocycles. The molecular formula is C10H19N. The van der Waals surface area contributed by atoms with Gasteiger partial charge in [0, 0.05) is 12.1 Å². The Labute approximate surface area is 69.8 Å². The Morgan fingerprint density at radius 2 is 1.64 bits per heavy atom. The molecule has 0 heterocycles. The van der Waals surface area contributed by atoms with Crippen LogP contribution in [-0.4, -0.2) is 24.0 Å². The third-order valence-corrected chi connectivity index (χ3v) is 3.61. The molecule has 0 saturated heterocycles. The molecule has 0 spiro atoms. The lowest BCUT2D eigenvalue weighted by atomic mass is 10.1. The largest absolute Gasteiger partial charge is 0.301 e. The van der Waals surface area contributed by atoms with Crippen LogP contribution < -0.4 is 0 Å². The van der Waals surface area contributed by atoms with Crippen LogP contribution in [0.4, 0.5) is 0 Å². The minimum Gasteiger partial charge on any atom is -0.301 e. The van der Waals surface area contributed by atoms with E-state index in [1.165, 1.54) is 12.8 Å². The minimum absolute atomic E-state index is 0.734. The summed E-state index contributed by atoms with van der Waals surface area (Å²) in [4.78, 5) is 2.55. The highest BCUT2D eigenvalue weighted by Crippen LogP contribution is 2.52. The summed E-state index contributed by atoms with van der Waals surface area (Å²) in [6.45, 7) is 4.59. The van der Waals surface area contributed by atoms with Crippen LogP contribution in [0.25, 0.3) is 0 Å². The van der Waals surface area contributed by atoms with Gasteiger partial charge in [-0.15, -0.1) is 0 Å². The fourth-order valence-electron chi connectivity index (χ4n) is 2.44.